The molecule has 0 saturated carbocycles. The molecule has 1 heterocycles. The Bertz CT molecular complexity index is 264. The lowest BCUT2D eigenvalue weighted by atomic mass is 10.2. The van der Waals surface area contributed by atoms with Crippen molar-refractivity contribution in [3.05, 3.63) is 35.9 Å². The van der Waals surface area contributed by atoms with Crippen molar-refractivity contribution in [1.82, 2.24) is 5.32 Å². The number of benzene rings is 1. The smallest absolute Gasteiger partial charge is 0.407 e. The first-order valence-corrected chi connectivity index (χ1v) is 4.77. The summed E-state index contributed by atoms with van der Waals surface area (Å²) in [4.78, 5) is 9.91. The van der Waals surface area contributed by atoms with Crippen molar-refractivity contribution >= 4 is 6.09 Å². The van der Waals surface area contributed by atoms with Crippen LogP contribution in [-0.2, 0) is 11.2 Å². The van der Waals surface area contributed by atoms with E-state index in [4.69, 9.17) is 0 Å². The van der Waals surface area contributed by atoms with Gasteiger partial charge in [-0.1, -0.05) is 37.3 Å². The SMILES string of the molecule is CCc1ccccc1.O=C1NCCO1. The molecule has 1 N–H and O–H groups in total. The summed E-state index contributed by atoms with van der Waals surface area (Å²) in [5.74, 6) is 0. The third-order valence-electron chi connectivity index (χ3n) is 1.86. The van der Waals surface area contributed by atoms with Gasteiger partial charge in [-0.25, -0.2) is 4.79 Å². The van der Waals surface area contributed by atoms with Crippen LogP contribution >= 0.6 is 0 Å². The highest BCUT2D eigenvalue weighted by molar-refractivity contribution is 5.68. The first-order chi connectivity index (χ1) is 6.83. The third-order valence-corrected chi connectivity index (χ3v) is 1.86. The Balaban J connectivity index is 0.000000146. The van der Waals surface area contributed by atoms with Crippen LogP contribution in [0.2, 0.25) is 0 Å². The van der Waals surface area contributed by atoms with Crippen molar-refractivity contribution in [1.29, 1.82) is 0 Å². The standard InChI is InChI=1S/C8H10.C3H5NO2/c1-2-8-6-4-3-5-7-8;5-3-4-1-2-6-3/h3-7H,2H2,1H3;1-2H2,(H,4,5). The fraction of sp³-hybridized carbons (Fsp3) is 0.364. The van der Waals surface area contributed by atoms with E-state index in [9.17, 15) is 4.79 Å². The van der Waals surface area contributed by atoms with E-state index >= 15 is 0 Å². The maximum Gasteiger partial charge on any atom is 0.407 e. The number of hydrogen-bond donors (Lipinski definition) is 1. The van der Waals surface area contributed by atoms with Crippen LogP contribution in [-0.4, -0.2) is 19.2 Å². The van der Waals surface area contributed by atoms with Gasteiger partial charge in [0.15, 0.2) is 0 Å². The lowest BCUT2D eigenvalue weighted by Crippen LogP contribution is -2.11. The Hall–Kier alpha value is -1.51. The van der Waals surface area contributed by atoms with Crippen molar-refractivity contribution in [2.24, 2.45) is 0 Å². The van der Waals surface area contributed by atoms with Crippen LogP contribution in [0.4, 0.5) is 4.79 Å². The highest BCUT2D eigenvalue weighted by atomic mass is 16.6. The van der Waals surface area contributed by atoms with E-state index in [0.717, 1.165) is 6.42 Å². The second kappa shape index (κ2) is 6.02. The Morgan fingerprint density at radius 3 is 2.36 bits per heavy atom. The summed E-state index contributed by atoms with van der Waals surface area (Å²) in [6.45, 7) is 3.35. The maximum atomic E-state index is 9.91. The Labute approximate surface area is 84.1 Å². The molecule has 0 atom stereocenters. The van der Waals surface area contributed by atoms with Gasteiger partial charge in [0.05, 0.1) is 6.54 Å². The molecule has 0 unspecified atom stereocenters. The molecular weight excluding hydrogens is 178 g/mol. The lowest BCUT2D eigenvalue weighted by Gasteiger charge is -1.89. The minimum absolute atomic E-state index is 0.296. The van der Waals surface area contributed by atoms with E-state index < -0.39 is 0 Å². The summed E-state index contributed by atoms with van der Waals surface area (Å²) in [5, 5.41) is 2.46. The molecule has 14 heavy (non-hydrogen) atoms. The van der Waals surface area contributed by atoms with E-state index in [2.05, 4.69) is 41.2 Å². The number of nitrogens with one attached hydrogen (secondary N) is 1. The molecule has 1 aliphatic rings. The van der Waals surface area contributed by atoms with Crippen LogP contribution in [0.1, 0.15) is 12.5 Å². The number of carbonyl (C=O) groups is 1. The van der Waals surface area contributed by atoms with Crippen LogP contribution in [0.25, 0.3) is 0 Å². The summed E-state index contributed by atoms with van der Waals surface area (Å²) in [5.41, 5.74) is 1.41. The second-order valence-electron chi connectivity index (χ2n) is 2.90. The van der Waals surface area contributed by atoms with Crippen LogP contribution in [0.15, 0.2) is 30.3 Å². The first-order valence-electron chi connectivity index (χ1n) is 4.77. The lowest BCUT2D eigenvalue weighted by molar-refractivity contribution is 0.178. The summed E-state index contributed by atoms with van der Waals surface area (Å²) in [6, 6.07) is 10.5. The number of aryl methyl sites for hydroxylation is 1. The third kappa shape index (κ3) is 3.94. The fourth-order valence-corrected chi connectivity index (χ4v) is 1.06. The minimum Gasteiger partial charge on any atom is -0.448 e. The summed E-state index contributed by atoms with van der Waals surface area (Å²) < 4.78 is 4.40. The van der Waals surface area contributed by atoms with Gasteiger partial charge in [0.1, 0.15) is 6.61 Å². The van der Waals surface area contributed by atoms with Gasteiger partial charge in [-0.3, -0.25) is 0 Å². The van der Waals surface area contributed by atoms with Crippen molar-refractivity contribution < 1.29 is 9.53 Å². The summed E-state index contributed by atoms with van der Waals surface area (Å²) in [7, 11) is 0. The van der Waals surface area contributed by atoms with E-state index in [0.29, 0.717) is 13.2 Å². The van der Waals surface area contributed by atoms with E-state index in [1.165, 1.54) is 5.56 Å². The number of amides is 1. The molecule has 0 aliphatic carbocycles. The normalized spacial score (nSPS) is 13.6. The molecule has 0 aromatic heterocycles. The van der Waals surface area contributed by atoms with Gasteiger partial charge in [0, 0.05) is 0 Å². The molecule has 3 nitrogen and oxygen atoms in total. The summed E-state index contributed by atoms with van der Waals surface area (Å²) >= 11 is 0. The van der Waals surface area contributed by atoms with Gasteiger partial charge in [-0.15, -0.1) is 0 Å². The monoisotopic (exact) mass is 193 g/mol. The first kappa shape index (κ1) is 10.6. The van der Waals surface area contributed by atoms with E-state index in [1.807, 2.05) is 6.07 Å². The Morgan fingerprint density at radius 1 is 1.36 bits per heavy atom. The van der Waals surface area contributed by atoms with Crippen LogP contribution < -0.4 is 5.32 Å². The van der Waals surface area contributed by atoms with E-state index in [1.54, 1.807) is 0 Å². The van der Waals surface area contributed by atoms with Crippen molar-refractivity contribution in [3.8, 4) is 0 Å². The topological polar surface area (TPSA) is 38.3 Å². The largest absolute Gasteiger partial charge is 0.448 e. The molecule has 0 spiro atoms. The molecule has 1 saturated heterocycles. The van der Waals surface area contributed by atoms with Gasteiger partial charge >= 0.3 is 6.09 Å². The Kier molecular flexibility index (Phi) is 4.55. The molecule has 1 aromatic rings. The molecule has 1 aromatic carbocycles. The van der Waals surface area contributed by atoms with Gasteiger partial charge in [0.2, 0.25) is 0 Å². The van der Waals surface area contributed by atoms with Gasteiger partial charge < -0.3 is 10.1 Å². The number of cyclic esters (lactones) is 1. The van der Waals surface area contributed by atoms with Crippen molar-refractivity contribution in [2.75, 3.05) is 13.2 Å². The highest BCUT2D eigenvalue weighted by Gasteiger charge is 2.06. The number of hydrogen-bond acceptors (Lipinski definition) is 2. The van der Waals surface area contributed by atoms with Crippen molar-refractivity contribution in [3.63, 3.8) is 0 Å². The maximum absolute atomic E-state index is 9.91. The molecular formula is C11H15NO2. The number of rotatable bonds is 1. The average molecular weight is 193 g/mol. The molecule has 0 radical (unpaired) electrons. The fourth-order valence-electron chi connectivity index (χ4n) is 1.06. The molecule has 1 amide bonds. The van der Waals surface area contributed by atoms with E-state index in [-0.39, 0.29) is 6.09 Å². The predicted molar refractivity (Wildman–Crippen MR) is 55.2 cm³/mol. The molecule has 2 rings (SSSR count). The zero-order chi connectivity index (χ0) is 10.2. The van der Waals surface area contributed by atoms with Gasteiger partial charge in [-0.2, -0.15) is 0 Å². The zero-order valence-electron chi connectivity index (χ0n) is 8.32. The molecule has 1 aliphatic heterocycles. The van der Waals surface area contributed by atoms with Gasteiger partial charge in [-0.05, 0) is 12.0 Å². The van der Waals surface area contributed by atoms with Crippen LogP contribution in [0, 0.1) is 0 Å². The van der Waals surface area contributed by atoms with Crippen LogP contribution in [0.3, 0.4) is 0 Å². The molecule has 3 heteroatoms. The predicted octanol–water partition coefficient (Wildman–Crippen LogP) is 1.98. The molecule has 0 bridgehead atoms. The molecule has 1 fully saturated rings. The van der Waals surface area contributed by atoms with Crippen molar-refractivity contribution in [2.45, 2.75) is 13.3 Å². The molecule has 76 valence electrons. The quantitative estimate of drug-likeness (QED) is 0.740. The minimum atomic E-state index is -0.296. The van der Waals surface area contributed by atoms with Gasteiger partial charge in [0.25, 0.3) is 0 Å². The number of alkyl carbamates (subject to hydrolysis) is 1. The number of carbonyl (C=O) groups excluding carboxylic acids is 1. The Morgan fingerprint density at radius 2 is 2.07 bits per heavy atom. The number of ether oxygens (including phenoxy) is 1. The summed E-state index contributed by atoms with van der Waals surface area (Å²) in [6.07, 6.45) is 0.843. The average Bonchev–Trinajstić information content (AvgIpc) is 2.71. The highest BCUT2D eigenvalue weighted by Crippen LogP contribution is 1.96. The zero-order valence-corrected chi connectivity index (χ0v) is 8.32. The van der Waals surface area contributed by atoms with Crippen LogP contribution in [0.5, 0.6) is 0 Å². The second-order valence-corrected chi connectivity index (χ2v) is 2.90.